The van der Waals surface area contributed by atoms with Crippen molar-refractivity contribution in [2.45, 2.75) is 5.92 Å². The highest BCUT2D eigenvalue weighted by atomic mass is 32.1. The normalized spacial score (nSPS) is 26.8. The number of carbonyl (C=O) groups is 1. The summed E-state index contributed by atoms with van der Waals surface area (Å²) in [6.45, 7) is 0. The van der Waals surface area contributed by atoms with Crippen LogP contribution in [-0.2, 0) is 0 Å². The van der Waals surface area contributed by atoms with Gasteiger partial charge in [0.2, 0.25) is 0 Å². The molecule has 21 heavy (non-hydrogen) atoms. The number of nitrogens with two attached hydrogens (primary N) is 1. The van der Waals surface area contributed by atoms with E-state index in [4.69, 9.17) is 18.0 Å². The molecule has 0 saturated heterocycles. The predicted octanol–water partition coefficient (Wildman–Crippen LogP) is 2.54. The molecule has 2 heterocycles. The van der Waals surface area contributed by atoms with Gasteiger partial charge in [-0.05, 0) is 23.1 Å². The van der Waals surface area contributed by atoms with Crippen molar-refractivity contribution >= 4 is 34.3 Å². The van der Waals surface area contributed by atoms with Gasteiger partial charge in [-0.15, -0.1) is 11.3 Å². The van der Waals surface area contributed by atoms with E-state index < -0.39 is 11.3 Å². The molecule has 1 saturated carbocycles. The third-order valence-electron chi connectivity index (χ3n) is 3.89. The number of thiophene rings is 1. The largest absolute Gasteiger partial charge is 0.392 e. The van der Waals surface area contributed by atoms with Crippen molar-refractivity contribution in [1.29, 1.82) is 5.26 Å². The van der Waals surface area contributed by atoms with Crippen molar-refractivity contribution in [2.24, 2.45) is 17.1 Å². The Bertz CT molecular complexity index is 736. The van der Waals surface area contributed by atoms with E-state index in [0.717, 1.165) is 5.56 Å². The number of thiocarbonyl (C=S) groups is 1. The lowest BCUT2D eigenvalue weighted by Crippen LogP contribution is -2.26. The molecular weight excluding hydrogens is 302 g/mol. The van der Waals surface area contributed by atoms with E-state index in [1.165, 1.54) is 11.3 Å². The minimum atomic E-state index is -1.10. The molecule has 2 N–H and O–H groups in total. The second kappa shape index (κ2) is 5.02. The lowest BCUT2D eigenvalue weighted by atomic mass is 10.0. The maximum absolute atomic E-state index is 12.7. The topological polar surface area (TPSA) is 79.8 Å². The Kier molecular flexibility index (Phi) is 3.32. The average molecular weight is 313 g/mol. The summed E-state index contributed by atoms with van der Waals surface area (Å²) in [5.41, 5.74) is 5.52. The summed E-state index contributed by atoms with van der Waals surface area (Å²) >= 11 is 6.44. The van der Waals surface area contributed by atoms with Gasteiger partial charge in [0.05, 0.1) is 21.9 Å². The van der Waals surface area contributed by atoms with Crippen LogP contribution in [0.25, 0.3) is 0 Å². The van der Waals surface area contributed by atoms with Crippen molar-refractivity contribution in [3.05, 3.63) is 52.5 Å². The SMILES string of the molecule is N#C[C@]1(C(N)=S)[C@H](c2cccnc2)[C@@H]1C(=O)c1cccs1. The molecule has 2 aromatic heterocycles. The van der Waals surface area contributed by atoms with Crippen molar-refractivity contribution in [1.82, 2.24) is 4.98 Å². The number of pyridine rings is 1. The third kappa shape index (κ3) is 1.97. The highest BCUT2D eigenvalue weighted by Crippen LogP contribution is 2.65. The van der Waals surface area contributed by atoms with E-state index >= 15 is 0 Å². The number of Topliss-reactive ketones (excluding diaryl/α,β-unsaturated/α-hetero) is 1. The Hall–Kier alpha value is -2.10. The van der Waals surface area contributed by atoms with E-state index in [2.05, 4.69) is 11.1 Å². The van der Waals surface area contributed by atoms with Gasteiger partial charge in [0.25, 0.3) is 0 Å². The highest BCUT2D eigenvalue weighted by Gasteiger charge is 2.71. The number of nitriles is 1. The van der Waals surface area contributed by atoms with E-state index in [9.17, 15) is 10.1 Å². The van der Waals surface area contributed by atoms with Crippen LogP contribution in [0.15, 0.2) is 42.0 Å². The van der Waals surface area contributed by atoms with Crippen molar-refractivity contribution in [3.63, 3.8) is 0 Å². The minimum absolute atomic E-state index is 0.0757. The summed E-state index contributed by atoms with van der Waals surface area (Å²) in [4.78, 5) is 17.4. The van der Waals surface area contributed by atoms with Gasteiger partial charge in [0.15, 0.2) is 5.78 Å². The maximum Gasteiger partial charge on any atom is 0.178 e. The molecule has 1 fully saturated rings. The zero-order valence-electron chi connectivity index (χ0n) is 10.9. The Balaban J connectivity index is 2.04. The van der Waals surface area contributed by atoms with Gasteiger partial charge in [-0.25, -0.2) is 0 Å². The molecule has 0 spiro atoms. The molecule has 0 amide bonds. The number of ketones is 1. The first kappa shape index (κ1) is 13.9. The zero-order chi connectivity index (χ0) is 15.0. The van der Waals surface area contributed by atoms with Crippen LogP contribution in [0.2, 0.25) is 0 Å². The van der Waals surface area contributed by atoms with E-state index in [0.29, 0.717) is 4.88 Å². The Morgan fingerprint density at radius 3 is 2.81 bits per heavy atom. The second-order valence-electron chi connectivity index (χ2n) is 4.93. The first-order valence-corrected chi connectivity index (χ1v) is 7.60. The molecule has 104 valence electrons. The molecule has 0 unspecified atom stereocenters. The third-order valence-corrected chi connectivity index (χ3v) is 5.11. The second-order valence-corrected chi connectivity index (χ2v) is 6.32. The molecule has 3 rings (SSSR count). The van der Waals surface area contributed by atoms with Crippen LogP contribution in [-0.4, -0.2) is 15.8 Å². The summed E-state index contributed by atoms with van der Waals surface area (Å²) in [5.74, 6) is -0.917. The van der Waals surface area contributed by atoms with Crippen LogP contribution in [0, 0.1) is 22.7 Å². The lowest BCUT2D eigenvalue weighted by Gasteiger charge is -2.05. The fraction of sp³-hybridized carbons (Fsp3) is 0.200. The van der Waals surface area contributed by atoms with E-state index in [1.54, 1.807) is 24.5 Å². The van der Waals surface area contributed by atoms with Gasteiger partial charge in [0, 0.05) is 18.3 Å². The van der Waals surface area contributed by atoms with Gasteiger partial charge in [-0.1, -0.05) is 24.4 Å². The van der Waals surface area contributed by atoms with Crippen LogP contribution in [0.4, 0.5) is 0 Å². The minimum Gasteiger partial charge on any atom is -0.392 e. The van der Waals surface area contributed by atoms with Gasteiger partial charge >= 0.3 is 0 Å². The summed E-state index contributed by atoms with van der Waals surface area (Å²) in [5, 5.41) is 11.4. The molecule has 2 aromatic rings. The molecule has 0 bridgehead atoms. The fourth-order valence-corrected chi connectivity index (χ4v) is 3.84. The Morgan fingerprint density at radius 1 is 1.48 bits per heavy atom. The Labute approximate surface area is 131 Å². The molecule has 3 atom stereocenters. The first-order chi connectivity index (χ1) is 10.1. The van der Waals surface area contributed by atoms with Gasteiger partial charge in [0.1, 0.15) is 5.41 Å². The molecule has 4 nitrogen and oxygen atoms in total. The standard InChI is InChI=1S/C15H11N3OS2/c16-8-15(14(17)20)11(9-3-1-5-18-7-9)12(15)13(19)10-4-2-6-21-10/h1-7,11-12H,(H2,17,20)/t11-,12-,15+/m1/s1. The number of rotatable bonds is 4. The number of hydrogen-bond acceptors (Lipinski definition) is 5. The number of hydrogen-bond donors (Lipinski definition) is 1. The van der Waals surface area contributed by atoms with Crippen molar-refractivity contribution < 1.29 is 4.79 Å². The molecule has 1 aliphatic rings. The highest BCUT2D eigenvalue weighted by molar-refractivity contribution is 7.80. The number of nitrogens with zero attached hydrogens (tertiary/aromatic N) is 2. The van der Waals surface area contributed by atoms with E-state index in [-0.39, 0.29) is 16.7 Å². The molecule has 0 aliphatic heterocycles. The zero-order valence-corrected chi connectivity index (χ0v) is 12.5. The number of aromatic nitrogens is 1. The summed E-state index contributed by atoms with van der Waals surface area (Å²) < 4.78 is 0. The van der Waals surface area contributed by atoms with Gasteiger partial charge in [-0.3, -0.25) is 9.78 Å². The maximum atomic E-state index is 12.7. The summed E-state index contributed by atoms with van der Waals surface area (Å²) in [6, 6.07) is 9.38. The van der Waals surface area contributed by atoms with Crippen LogP contribution in [0.5, 0.6) is 0 Å². The summed E-state index contributed by atoms with van der Waals surface area (Å²) in [6.07, 6.45) is 3.31. The summed E-state index contributed by atoms with van der Waals surface area (Å²) in [7, 11) is 0. The quantitative estimate of drug-likeness (QED) is 0.693. The first-order valence-electron chi connectivity index (χ1n) is 6.31. The van der Waals surface area contributed by atoms with Gasteiger partial charge in [-0.2, -0.15) is 5.26 Å². The number of carbonyl (C=O) groups excluding carboxylic acids is 1. The van der Waals surface area contributed by atoms with Crippen LogP contribution in [0.1, 0.15) is 21.2 Å². The monoisotopic (exact) mass is 313 g/mol. The van der Waals surface area contributed by atoms with E-state index in [1.807, 2.05) is 17.5 Å². The van der Waals surface area contributed by atoms with Crippen LogP contribution in [0.3, 0.4) is 0 Å². The molecule has 0 radical (unpaired) electrons. The van der Waals surface area contributed by atoms with Gasteiger partial charge < -0.3 is 5.73 Å². The van der Waals surface area contributed by atoms with Crippen molar-refractivity contribution in [2.75, 3.05) is 0 Å². The smallest absolute Gasteiger partial charge is 0.178 e. The predicted molar refractivity (Wildman–Crippen MR) is 83.9 cm³/mol. The average Bonchev–Trinajstić information content (AvgIpc) is 2.88. The fourth-order valence-electron chi connectivity index (χ4n) is 2.83. The molecular formula is C15H11N3OS2. The Morgan fingerprint density at radius 2 is 2.29 bits per heavy atom. The molecule has 0 aromatic carbocycles. The van der Waals surface area contributed by atoms with Crippen LogP contribution < -0.4 is 5.73 Å². The molecule has 1 aliphatic carbocycles. The molecule has 6 heteroatoms. The lowest BCUT2D eigenvalue weighted by molar-refractivity contribution is 0.0963. The van der Waals surface area contributed by atoms with Crippen molar-refractivity contribution in [3.8, 4) is 6.07 Å². The van der Waals surface area contributed by atoms with Crippen LogP contribution >= 0.6 is 23.6 Å².